The molecule has 0 amide bonds. The van der Waals surface area contributed by atoms with Crippen molar-refractivity contribution in [1.29, 1.82) is 0 Å². The van der Waals surface area contributed by atoms with Gasteiger partial charge in [-0.2, -0.15) is 0 Å². The molecule has 124 valence electrons. The van der Waals surface area contributed by atoms with Crippen molar-refractivity contribution in [3.63, 3.8) is 0 Å². The lowest BCUT2D eigenvalue weighted by molar-refractivity contribution is 0.213. The van der Waals surface area contributed by atoms with Gasteiger partial charge in [0.2, 0.25) is 0 Å². The number of guanidine groups is 1. The van der Waals surface area contributed by atoms with Crippen LogP contribution in [-0.4, -0.2) is 50.6 Å². The van der Waals surface area contributed by atoms with Crippen LogP contribution in [0.4, 0.5) is 0 Å². The quantitative estimate of drug-likeness (QED) is 0.411. The highest BCUT2D eigenvalue weighted by Crippen LogP contribution is 2.18. The molecule has 0 aliphatic carbocycles. The lowest BCUT2D eigenvalue weighted by Gasteiger charge is -2.29. The number of piperidine rings is 1. The molecule has 1 heterocycles. The molecule has 0 atom stereocenters. The third kappa shape index (κ3) is 8.97. The van der Waals surface area contributed by atoms with E-state index in [0.29, 0.717) is 0 Å². The molecule has 0 radical (unpaired) electrons. The van der Waals surface area contributed by atoms with Gasteiger partial charge in [-0.1, -0.05) is 13.8 Å². The largest absolute Gasteiger partial charge is 0.357 e. The molecule has 21 heavy (non-hydrogen) atoms. The Bertz CT molecular complexity index is 281. The Hall–Kier alpha value is -0.770. The molecule has 2 N–H and O–H groups in total. The molecule has 4 nitrogen and oxygen atoms in total. The Morgan fingerprint density at radius 2 is 1.95 bits per heavy atom. The van der Waals surface area contributed by atoms with E-state index in [1.807, 2.05) is 0 Å². The van der Waals surface area contributed by atoms with E-state index in [2.05, 4.69) is 48.3 Å². The highest BCUT2D eigenvalue weighted by atomic mass is 15.2. The highest BCUT2D eigenvalue weighted by Gasteiger charge is 2.16. The number of hydrogen-bond acceptors (Lipinski definition) is 2. The molecule has 0 unspecified atom stereocenters. The van der Waals surface area contributed by atoms with Crippen LogP contribution in [-0.2, 0) is 0 Å². The van der Waals surface area contributed by atoms with Gasteiger partial charge in [-0.3, -0.25) is 4.99 Å². The molecule has 0 saturated carbocycles. The molecule has 1 aliphatic rings. The second-order valence-electron chi connectivity index (χ2n) is 6.76. The van der Waals surface area contributed by atoms with Gasteiger partial charge in [-0.25, -0.2) is 0 Å². The van der Waals surface area contributed by atoms with E-state index in [0.717, 1.165) is 37.4 Å². The van der Waals surface area contributed by atoms with E-state index in [-0.39, 0.29) is 0 Å². The minimum atomic E-state index is 0.778. The second kappa shape index (κ2) is 10.9. The van der Waals surface area contributed by atoms with Gasteiger partial charge in [0.15, 0.2) is 5.96 Å². The molecule has 4 heteroatoms. The summed E-state index contributed by atoms with van der Waals surface area (Å²) in [5.41, 5.74) is 0. The Morgan fingerprint density at radius 3 is 2.57 bits per heavy atom. The highest BCUT2D eigenvalue weighted by molar-refractivity contribution is 5.79. The van der Waals surface area contributed by atoms with Crippen LogP contribution in [0.5, 0.6) is 0 Å². The molecule has 0 bridgehead atoms. The van der Waals surface area contributed by atoms with Crippen molar-refractivity contribution in [2.24, 2.45) is 16.8 Å². The maximum Gasteiger partial charge on any atom is 0.191 e. The van der Waals surface area contributed by atoms with Crippen molar-refractivity contribution in [2.75, 3.05) is 39.8 Å². The van der Waals surface area contributed by atoms with Gasteiger partial charge in [-0.05, 0) is 71.0 Å². The minimum absolute atomic E-state index is 0.778. The fourth-order valence-corrected chi connectivity index (χ4v) is 2.78. The summed E-state index contributed by atoms with van der Waals surface area (Å²) in [5.74, 6) is 2.66. The van der Waals surface area contributed by atoms with Crippen molar-refractivity contribution >= 4 is 5.96 Å². The summed E-state index contributed by atoms with van der Waals surface area (Å²) in [4.78, 5) is 7.10. The van der Waals surface area contributed by atoms with Gasteiger partial charge in [0.25, 0.3) is 0 Å². The van der Waals surface area contributed by atoms with Gasteiger partial charge >= 0.3 is 0 Å². The maximum atomic E-state index is 4.67. The Labute approximate surface area is 131 Å². The van der Waals surface area contributed by atoms with E-state index < -0.39 is 0 Å². The van der Waals surface area contributed by atoms with Gasteiger partial charge < -0.3 is 15.5 Å². The standard InChI is InChI=1S/C17H36N4/c1-5-18-17(19-11-6-7-15(2)3)20-12-8-16-9-13-21(4)14-10-16/h15-16H,5-14H2,1-4H3,(H2,18,19,20). The predicted molar refractivity (Wildman–Crippen MR) is 92.9 cm³/mol. The summed E-state index contributed by atoms with van der Waals surface area (Å²) >= 11 is 0. The minimum Gasteiger partial charge on any atom is -0.357 e. The zero-order chi connectivity index (χ0) is 15.5. The SMILES string of the molecule is CCNC(=NCCCC(C)C)NCCC1CCN(C)CC1. The smallest absolute Gasteiger partial charge is 0.191 e. The van der Waals surface area contributed by atoms with E-state index >= 15 is 0 Å². The first-order valence-corrected chi connectivity index (χ1v) is 8.82. The van der Waals surface area contributed by atoms with Crippen molar-refractivity contribution in [2.45, 2.75) is 52.9 Å². The number of nitrogens with one attached hydrogen (secondary N) is 2. The molecule has 1 saturated heterocycles. The molecule has 0 aromatic rings. The Morgan fingerprint density at radius 1 is 1.24 bits per heavy atom. The summed E-state index contributed by atoms with van der Waals surface area (Å²) in [6.45, 7) is 12.1. The fraction of sp³-hybridized carbons (Fsp3) is 0.941. The lowest BCUT2D eigenvalue weighted by Crippen LogP contribution is -2.39. The van der Waals surface area contributed by atoms with E-state index in [1.54, 1.807) is 0 Å². The molecule has 0 aromatic heterocycles. The molecule has 0 spiro atoms. The topological polar surface area (TPSA) is 39.7 Å². The first-order chi connectivity index (χ1) is 10.1. The summed E-state index contributed by atoms with van der Waals surface area (Å²) in [7, 11) is 2.22. The van der Waals surface area contributed by atoms with Gasteiger partial charge in [0.05, 0.1) is 0 Å². The maximum absolute atomic E-state index is 4.67. The van der Waals surface area contributed by atoms with Crippen molar-refractivity contribution in [3.8, 4) is 0 Å². The third-order valence-corrected chi connectivity index (χ3v) is 4.24. The van der Waals surface area contributed by atoms with Crippen LogP contribution in [0.2, 0.25) is 0 Å². The van der Waals surface area contributed by atoms with Crippen molar-refractivity contribution in [3.05, 3.63) is 0 Å². The Balaban J connectivity index is 2.19. The number of likely N-dealkylation sites (tertiary alicyclic amines) is 1. The summed E-state index contributed by atoms with van der Waals surface area (Å²) in [6, 6.07) is 0. The fourth-order valence-electron chi connectivity index (χ4n) is 2.78. The average Bonchev–Trinajstić information content (AvgIpc) is 2.45. The second-order valence-corrected chi connectivity index (χ2v) is 6.76. The first kappa shape index (κ1) is 18.3. The molecular formula is C17H36N4. The monoisotopic (exact) mass is 296 g/mol. The van der Waals surface area contributed by atoms with Gasteiger partial charge in [0, 0.05) is 19.6 Å². The van der Waals surface area contributed by atoms with Crippen LogP contribution in [0.15, 0.2) is 4.99 Å². The Kier molecular flexibility index (Phi) is 9.48. The van der Waals surface area contributed by atoms with E-state index in [1.165, 1.54) is 45.2 Å². The predicted octanol–water partition coefficient (Wildman–Crippen LogP) is 2.71. The van der Waals surface area contributed by atoms with E-state index in [9.17, 15) is 0 Å². The number of nitrogens with zero attached hydrogens (tertiary/aromatic N) is 2. The third-order valence-electron chi connectivity index (χ3n) is 4.24. The van der Waals surface area contributed by atoms with Gasteiger partial charge in [-0.15, -0.1) is 0 Å². The van der Waals surface area contributed by atoms with Crippen LogP contribution < -0.4 is 10.6 Å². The first-order valence-electron chi connectivity index (χ1n) is 8.82. The zero-order valence-electron chi connectivity index (χ0n) is 14.6. The molecule has 0 aromatic carbocycles. The average molecular weight is 297 g/mol. The summed E-state index contributed by atoms with van der Waals surface area (Å²) in [6.07, 6.45) is 6.41. The summed E-state index contributed by atoms with van der Waals surface area (Å²) < 4.78 is 0. The van der Waals surface area contributed by atoms with Crippen molar-refractivity contribution < 1.29 is 0 Å². The molecule has 1 fully saturated rings. The number of rotatable bonds is 8. The van der Waals surface area contributed by atoms with Gasteiger partial charge in [0.1, 0.15) is 0 Å². The summed E-state index contributed by atoms with van der Waals surface area (Å²) in [5, 5.41) is 6.84. The van der Waals surface area contributed by atoms with Crippen LogP contribution in [0.3, 0.4) is 0 Å². The zero-order valence-corrected chi connectivity index (χ0v) is 14.6. The van der Waals surface area contributed by atoms with Crippen molar-refractivity contribution in [1.82, 2.24) is 15.5 Å². The normalized spacial score (nSPS) is 18.2. The molecular weight excluding hydrogens is 260 g/mol. The number of hydrogen-bond donors (Lipinski definition) is 2. The molecule has 1 rings (SSSR count). The van der Waals surface area contributed by atoms with Crippen LogP contribution in [0.1, 0.15) is 52.9 Å². The lowest BCUT2D eigenvalue weighted by atomic mass is 9.94. The van der Waals surface area contributed by atoms with Crippen LogP contribution in [0, 0.1) is 11.8 Å². The van der Waals surface area contributed by atoms with Crippen LogP contribution >= 0.6 is 0 Å². The van der Waals surface area contributed by atoms with Crippen LogP contribution in [0.25, 0.3) is 0 Å². The molecule has 1 aliphatic heterocycles. The van der Waals surface area contributed by atoms with E-state index in [4.69, 9.17) is 0 Å². The number of aliphatic imine (C=N–C) groups is 1.